The third-order valence-corrected chi connectivity index (χ3v) is 6.59. The molecule has 4 heteroatoms. The number of para-hydroxylation sites is 1. The van der Waals surface area contributed by atoms with Crippen molar-refractivity contribution in [3.05, 3.63) is 64.2 Å². The van der Waals surface area contributed by atoms with Crippen LogP contribution in [-0.2, 0) is 12.8 Å². The molecule has 0 spiro atoms. The van der Waals surface area contributed by atoms with Gasteiger partial charge in [0.1, 0.15) is 5.01 Å². The number of aryl methyl sites for hydroxylation is 2. The first-order chi connectivity index (χ1) is 12.3. The molecule has 126 valence electrons. The maximum atomic E-state index is 13.1. The van der Waals surface area contributed by atoms with Crippen LogP contribution in [0.4, 0.5) is 0 Å². The van der Waals surface area contributed by atoms with E-state index in [9.17, 15) is 4.79 Å². The average Bonchev–Trinajstić information content (AvgIpc) is 3.37. The summed E-state index contributed by atoms with van der Waals surface area (Å²) in [5.41, 5.74) is 4.66. The normalized spacial score (nSPS) is 19.5. The zero-order chi connectivity index (χ0) is 16.8. The van der Waals surface area contributed by atoms with Gasteiger partial charge in [-0.25, -0.2) is 4.98 Å². The fourth-order valence-electron chi connectivity index (χ4n) is 4.17. The number of nitrogens with zero attached hydrogens (tertiary/aromatic N) is 2. The standard InChI is InChI=1S/C21H20N2OS/c24-21(16-11-10-14-5-3-6-15(14)13-16)23-12-4-8-18(23)20-22-17-7-1-2-9-19(17)25-20/h1-2,7,9-11,13,18H,3-6,8,12H2/t18-/m0/s1. The molecule has 0 radical (unpaired) electrons. The second-order valence-electron chi connectivity index (χ2n) is 7.01. The van der Waals surface area contributed by atoms with Crippen LogP contribution >= 0.6 is 11.3 Å². The van der Waals surface area contributed by atoms with Crippen LogP contribution in [0.3, 0.4) is 0 Å². The summed E-state index contributed by atoms with van der Waals surface area (Å²) in [6.07, 6.45) is 5.54. The smallest absolute Gasteiger partial charge is 0.254 e. The molecule has 0 N–H and O–H groups in total. The van der Waals surface area contributed by atoms with Crippen molar-refractivity contribution in [2.75, 3.05) is 6.54 Å². The summed E-state index contributed by atoms with van der Waals surface area (Å²) in [6.45, 7) is 0.830. The summed E-state index contributed by atoms with van der Waals surface area (Å²) in [7, 11) is 0. The molecular formula is C21H20N2OS. The molecule has 2 aliphatic rings. The molecule has 0 unspecified atom stereocenters. The minimum atomic E-state index is 0.123. The van der Waals surface area contributed by atoms with Gasteiger partial charge in [-0.3, -0.25) is 4.79 Å². The molecule has 2 heterocycles. The van der Waals surface area contributed by atoms with Gasteiger partial charge in [0.25, 0.3) is 5.91 Å². The Morgan fingerprint density at radius 3 is 2.88 bits per heavy atom. The van der Waals surface area contributed by atoms with E-state index in [0.717, 1.165) is 48.3 Å². The van der Waals surface area contributed by atoms with Crippen molar-refractivity contribution >= 4 is 27.5 Å². The maximum absolute atomic E-state index is 13.1. The van der Waals surface area contributed by atoms with Gasteiger partial charge in [0, 0.05) is 12.1 Å². The Hall–Kier alpha value is -2.20. The molecule has 1 aliphatic heterocycles. The van der Waals surface area contributed by atoms with Gasteiger partial charge in [0.2, 0.25) is 0 Å². The van der Waals surface area contributed by atoms with Crippen LogP contribution in [0.5, 0.6) is 0 Å². The average molecular weight is 348 g/mol. The lowest BCUT2D eigenvalue weighted by Crippen LogP contribution is -2.30. The van der Waals surface area contributed by atoms with Gasteiger partial charge in [-0.2, -0.15) is 0 Å². The topological polar surface area (TPSA) is 33.2 Å². The quantitative estimate of drug-likeness (QED) is 0.669. The third-order valence-electron chi connectivity index (χ3n) is 5.45. The van der Waals surface area contributed by atoms with Crippen LogP contribution in [0.1, 0.15) is 51.8 Å². The third kappa shape index (κ3) is 2.56. The Kier molecular flexibility index (Phi) is 3.59. The molecule has 2 aromatic carbocycles. The van der Waals surface area contributed by atoms with E-state index in [1.165, 1.54) is 22.2 Å². The molecule has 1 aliphatic carbocycles. The highest BCUT2D eigenvalue weighted by molar-refractivity contribution is 7.18. The van der Waals surface area contributed by atoms with E-state index in [1.807, 2.05) is 23.1 Å². The van der Waals surface area contributed by atoms with Crippen molar-refractivity contribution in [2.45, 2.75) is 38.1 Å². The molecule has 1 aromatic heterocycles. The zero-order valence-electron chi connectivity index (χ0n) is 14.1. The highest BCUT2D eigenvalue weighted by Gasteiger charge is 2.33. The van der Waals surface area contributed by atoms with Crippen LogP contribution in [0.15, 0.2) is 42.5 Å². The Balaban J connectivity index is 1.47. The van der Waals surface area contributed by atoms with Crippen molar-refractivity contribution in [3.63, 3.8) is 0 Å². The summed E-state index contributed by atoms with van der Waals surface area (Å²) in [6, 6.07) is 14.6. The lowest BCUT2D eigenvalue weighted by Gasteiger charge is -2.23. The highest BCUT2D eigenvalue weighted by Crippen LogP contribution is 2.37. The van der Waals surface area contributed by atoms with E-state index in [-0.39, 0.29) is 11.9 Å². The van der Waals surface area contributed by atoms with E-state index < -0.39 is 0 Å². The van der Waals surface area contributed by atoms with Crippen LogP contribution < -0.4 is 0 Å². The predicted octanol–water partition coefficient (Wildman–Crippen LogP) is 4.76. The van der Waals surface area contributed by atoms with Gasteiger partial charge in [-0.05, 0) is 67.5 Å². The van der Waals surface area contributed by atoms with E-state index in [4.69, 9.17) is 4.98 Å². The molecule has 25 heavy (non-hydrogen) atoms. The molecule has 0 bridgehead atoms. The number of fused-ring (bicyclic) bond motifs is 2. The molecule has 1 amide bonds. The Morgan fingerprint density at radius 2 is 1.96 bits per heavy atom. The van der Waals surface area contributed by atoms with Crippen molar-refractivity contribution in [3.8, 4) is 0 Å². The minimum absolute atomic E-state index is 0.123. The number of amides is 1. The summed E-state index contributed by atoms with van der Waals surface area (Å²) >= 11 is 1.73. The number of hydrogen-bond acceptors (Lipinski definition) is 3. The van der Waals surface area contributed by atoms with Crippen LogP contribution in [0.25, 0.3) is 10.2 Å². The molecule has 1 atom stereocenters. The first-order valence-corrected chi connectivity index (χ1v) is 9.89. The van der Waals surface area contributed by atoms with E-state index in [2.05, 4.69) is 24.3 Å². The monoisotopic (exact) mass is 348 g/mol. The number of likely N-dealkylation sites (tertiary alicyclic amines) is 1. The second-order valence-corrected chi connectivity index (χ2v) is 8.08. The van der Waals surface area contributed by atoms with Gasteiger partial charge < -0.3 is 4.90 Å². The first-order valence-electron chi connectivity index (χ1n) is 9.08. The van der Waals surface area contributed by atoms with E-state index >= 15 is 0 Å². The van der Waals surface area contributed by atoms with E-state index in [1.54, 1.807) is 11.3 Å². The number of benzene rings is 2. The van der Waals surface area contributed by atoms with Gasteiger partial charge in [-0.1, -0.05) is 18.2 Å². The number of rotatable bonds is 2. The van der Waals surface area contributed by atoms with Crippen molar-refractivity contribution in [1.82, 2.24) is 9.88 Å². The summed E-state index contributed by atoms with van der Waals surface area (Å²) in [4.78, 5) is 20.0. The number of thiazole rings is 1. The van der Waals surface area contributed by atoms with Gasteiger partial charge in [-0.15, -0.1) is 11.3 Å². The summed E-state index contributed by atoms with van der Waals surface area (Å²) < 4.78 is 1.20. The molecular weight excluding hydrogens is 328 g/mol. The fourth-order valence-corrected chi connectivity index (χ4v) is 5.29. The summed E-state index contributed by atoms with van der Waals surface area (Å²) in [5.74, 6) is 0.163. The molecule has 3 aromatic rings. The maximum Gasteiger partial charge on any atom is 0.254 e. The molecule has 1 saturated heterocycles. The molecule has 5 rings (SSSR count). The van der Waals surface area contributed by atoms with Gasteiger partial charge >= 0.3 is 0 Å². The number of carbonyl (C=O) groups excluding carboxylic acids is 1. The lowest BCUT2D eigenvalue weighted by atomic mass is 10.1. The Bertz CT molecular complexity index is 928. The number of aromatic nitrogens is 1. The first kappa shape index (κ1) is 15.1. The van der Waals surface area contributed by atoms with E-state index in [0.29, 0.717) is 0 Å². The minimum Gasteiger partial charge on any atom is -0.329 e. The zero-order valence-corrected chi connectivity index (χ0v) is 14.9. The SMILES string of the molecule is O=C(c1ccc2c(c1)CCC2)N1CCC[C@H]1c1nc2ccccc2s1. The Morgan fingerprint density at radius 1 is 1.08 bits per heavy atom. The largest absolute Gasteiger partial charge is 0.329 e. The van der Waals surface area contributed by atoms with Crippen molar-refractivity contribution < 1.29 is 4.79 Å². The van der Waals surface area contributed by atoms with Crippen LogP contribution in [-0.4, -0.2) is 22.3 Å². The molecule has 1 fully saturated rings. The fraction of sp³-hybridized carbons (Fsp3) is 0.333. The number of carbonyl (C=O) groups is 1. The second kappa shape index (κ2) is 5.95. The van der Waals surface area contributed by atoms with Crippen molar-refractivity contribution in [2.24, 2.45) is 0 Å². The predicted molar refractivity (Wildman–Crippen MR) is 101 cm³/mol. The van der Waals surface area contributed by atoms with Crippen LogP contribution in [0.2, 0.25) is 0 Å². The Labute approximate surface area is 151 Å². The van der Waals surface area contributed by atoms with Crippen molar-refractivity contribution in [1.29, 1.82) is 0 Å². The molecule has 0 saturated carbocycles. The highest BCUT2D eigenvalue weighted by atomic mass is 32.1. The van der Waals surface area contributed by atoms with Crippen LogP contribution in [0, 0.1) is 0 Å². The van der Waals surface area contributed by atoms with Gasteiger partial charge in [0.15, 0.2) is 0 Å². The summed E-state index contributed by atoms with van der Waals surface area (Å²) in [5, 5.41) is 1.08. The van der Waals surface area contributed by atoms with Gasteiger partial charge in [0.05, 0.1) is 16.3 Å². The molecule has 3 nitrogen and oxygen atoms in total. The number of hydrogen-bond donors (Lipinski definition) is 0. The lowest BCUT2D eigenvalue weighted by molar-refractivity contribution is 0.0735.